The van der Waals surface area contributed by atoms with E-state index in [1.54, 1.807) is 13.0 Å². The van der Waals surface area contributed by atoms with Gasteiger partial charge in [-0.15, -0.1) is 0 Å². The van der Waals surface area contributed by atoms with E-state index >= 15 is 0 Å². The predicted octanol–water partition coefficient (Wildman–Crippen LogP) is 4.63. The molecule has 0 heterocycles. The van der Waals surface area contributed by atoms with Crippen LogP contribution in [0.1, 0.15) is 70.1 Å². The molecule has 1 aromatic carbocycles. The average molecular weight is 523 g/mol. The van der Waals surface area contributed by atoms with E-state index in [4.69, 9.17) is 0 Å². The number of aromatic hydroxyl groups is 1. The summed E-state index contributed by atoms with van der Waals surface area (Å²) < 4.78 is 4.58. The third kappa shape index (κ3) is 3.80. The maximum atomic E-state index is 12.9. The molecule has 8 heteroatoms. The van der Waals surface area contributed by atoms with Crippen molar-refractivity contribution in [3.05, 3.63) is 58.1 Å². The minimum absolute atomic E-state index is 0.00733. The Labute approximate surface area is 221 Å². The molecule has 0 aromatic heterocycles. The monoisotopic (exact) mass is 522 g/mol. The molecule has 3 aliphatic rings. The number of ether oxygens (including phenoxy) is 1. The molecule has 3 aliphatic carbocycles. The summed E-state index contributed by atoms with van der Waals surface area (Å²) in [6.07, 6.45) is 0.681. The molecule has 0 saturated heterocycles. The average Bonchev–Trinajstić information content (AvgIpc) is 2.81. The van der Waals surface area contributed by atoms with Crippen LogP contribution >= 0.6 is 0 Å². The summed E-state index contributed by atoms with van der Waals surface area (Å²) in [5, 5.41) is 34.3. The lowest BCUT2D eigenvalue weighted by Crippen LogP contribution is -2.54. The van der Waals surface area contributed by atoms with Gasteiger partial charge in [-0.05, 0) is 43.2 Å². The van der Waals surface area contributed by atoms with E-state index in [0.717, 1.165) is 5.56 Å². The number of phenols is 1. The van der Waals surface area contributed by atoms with Gasteiger partial charge in [0.2, 0.25) is 0 Å². The van der Waals surface area contributed by atoms with E-state index in [9.17, 15) is 34.5 Å². The van der Waals surface area contributed by atoms with Crippen molar-refractivity contribution in [2.75, 3.05) is 7.11 Å². The molecule has 0 fully saturated rings. The Morgan fingerprint density at radius 2 is 1.68 bits per heavy atom. The number of allylic oxidation sites excluding steroid dienone is 3. The van der Waals surface area contributed by atoms with Gasteiger partial charge in [-0.2, -0.15) is 0 Å². The highest BCUT2D eigenvalue weighted by molar-refractivity contribution is 6.20. The fraction of sp³-hybridized carbons (Fsp3) is 0.467. The van der Waals surface area contributed by atoms with E-state index in [1.807, 2.05) is 19.9 Å². The minimum Gasteiger partial charge on any atom is -0.511 e. The molecular weight excluding hydrogens is 488 g/mol. The number of phenolic OH excluding ortho intramolecular Hbond substituents is 1. The number of aliphatic hydroxyl groups is 2. The van der Waals surface area contributed by atoms with Crippen LogP contribution in [0, 0.1) is 16.2 Å². The Bertz CT molecular complexity index is 1380. The lowest BCUT2D eigenvalue weighted by atomic mass is 9.45. The number of hydrogen-bond donors (Lipinski definition) is 3. The molecule has 8 nitrogen and oxygen atoms in total. The second kappa shape index (κ2) is 8.96. The smallest absolute Gasteiger partial charge is 0.305 e. The van der Waals surface area contributed by atoms with Crippen molar-refractivity contribution in [3.8, 4) is 5.75 Å². The van der Waals surface area contributed by atoms with E-state index < -0.39 is 39.5 Å². The molecule has 0 aliphatic heterocycles. The second-order valence-electron chi connectivity index (χ2n) is 11.6. The highest BCUT2D eigenvalue weighted by atomic mass is 16.5. The number of benzene rings is 1. The number of ketones is 3. The molecule has 0 radical (unpaired) electrons. The van der Waals surface area contributed by atoms with Crippen molar-refractivity contribution in [3.63, 3.8) is 0 Å². The van der Waals surface area contributed by atoms with Crippen LogP contribution in [0.25, 0.3) is 5.57 Å². The van der Waals surface area contributed by atoms with Gasteiger partial charge in [0.25, 0.3) is 0 Å². The molecule has 0 unspecified atom stereocenters. The summed E-state index contributed by atoms with van der Waals surface area (Å²) in [4.78, 5) is 49.0. The highest BCUT2D eigenvalue weighted by Gasteiger charge is 2.64. The Hall–Kier alpha value is -3.68. The van der Waals surface area contributed by atoms with Gasteiger partial charge >= 0.3 is 5.97 Å². The van der Waals surface area contributed by atoms with Gasteiger partial charge in [0.05, 0.1) is 24.5 Å². The molecule has 0 amide bonds. The van der Waals surface area contributed by atoms with Crippen LogP contribution in [0.5, 0.6) is 5.75 Å². The summed E-state index contributed by atoms with van der Waals surface area (Å²) in [7, 11) is 1.25. The summed E-state index contributed by atoms with van der Waals surface area (Å²) in [5.74, 6) is -2.47. The molecule has 0 saturated carbocycles. The van der Waals surface area contributed by atoms with Crippen molar-refractivity contribution in [1.29, 1.82) is 0 Å². The summed E-state index contributed by atoms with van der Waals surface area (Å²) in [6.45, 7) is 10.9. The van der Waals surface area contributed by atoms with Crippen LogP contribution in [0.3, 0.4) is 0 Å². The van der Waals surface area contributed by atoms with Crippen LogP contribution in [0.4, 0.5) is 0 Å². The SMILES string of the molecule is C=C1C2=C(O)[C@]3(C)C(O)=C(C(C)=O)C(=O)C[C@]3(C)C[C@]2(C)Cc2ccc(CC(=O)CCC(=O)OC)c(O)c21. The zero-order valence-corrected chi connectivity index (χ0v) is 22.5. The van der Waals surface area contributed by atoms with Gasteiger partial charge < -0.3 is 20.1 Å². The fourth-order valence-corrected chi connectivity index (χ4v) is 6.92. The maximum Gasteiger partial charge on any atom is 0.305 e. The van der Waals surface area contributed by atoms with Crippen LogP contribution in [0.15, 0.2) is 41.4 Å². The first-order valence-corrected chi connectivity index (χ1v) is 12.6. The number of methoxy groups -OCH3 is 1. The number of fused-ring (bicyclic) bond motifs is 3. The summed E-state index contributed by atoms with van der Waals surface area (Å²) in [5.41, 5.74) is -0.842. The van der Waals surface area contributed by atoms with Gasteiger partial charge in [-0.1, -0.05) is 32.6 Å². The van der Waals surface area contributed by atoms with E-state index in [-0.39, 0.29) is 48.5 Å². The number of Topliss-reactive ketones (excluding diaryl/α,β-unsaturated/α-hetero) is 3. The number of carbonyl (C=O) groups excluding carboxylic acids is 4. The number of rotatable bonds is 6. The minimum atomic E-state index is -1.41. The summed E-state index contributed by atoms with van der Waals surface area (Å²) in [6, 6.07) is 3.51. The first-order valence-electron chi connectivity index (χ1n) is 12.6. The Balaban J connectivity index is 1.82. The lowest BCUT2D eigenvalue weighted by Gasteiger charge is -2.58. The van der Waals surface area contributed by atoms with Crippen LogP contribution in [-0.4, -0.2) is 45.7 Å². The molecule has 0 spiro atoms. The molecule has 202 valence electrons. The van der Waals surface area contributed by atoms with Gasteiger partial charge in [-0.3, -0.25) is 19.2 Å². The van der Waals surface area contributed by atoms with Crippen molar-refractivity contribution in [2.24, 2.45) is 16.2 Å². The number of carbonyl (C=O) groups is 4. The molecule has 3 atom stereocenters. The third-order valence-corrected chi connectivity index (χ3v) is 8.95. The predicted molar refractivity (Wildman–Crippen MR) is 139 cm³/mol. The van der Waals surface area contributed by atoms with Gasteiger partial charge in [0.1, 0.15) is 23.1 Å². The molecule has 38 heavy (non-hydrogen) atoms. The fourth-order valence-electron chi connectivity index (χ4n) is 6.92. The first kappa shape index (κ1) is 27.4. The van der Waals surface area contributed by atoms with Gasteiger partial charge in [-0.25, -0.2) is 0 Å². The zero-order valence-electron chi connectivity index (χ0n) is 22.5. The first-order chi connectivity index (χ1) is 17.6. The molecule has 4 rings (SSSR count). The van der Waals surface area contributed by atoms with Crippen molar-refractivity contribution >= 4 is 28.9 Å². The normalized spacial score (nSPS) is 28.4. The largest absolute Gasteiger partial charge is 0.511 e. The van der Waals surface area contributed by atoms with Crippen LogP contribution < -0.4 is 0 Å². The molecule has 3 N–H and O–H groups in total. The highest BCUT2D eigenvalue weighted by Crippen LogP contribution is 2.68. The topological polar surface area (TPSA) is 138 Å². The Kier molecular flexibility index (Phi) is 6.45. The Morgan fingerprint density at radius 1 is 1.03 bits per heavy atom. The Morgan fingerprint density at radius 3 is 2.29 bits per heavy atom. The standard InChI is InChI=1S/C30H34O8/c1-15-22-18(8-7-17(25(22)35)11-19(32)9-10-21(34)38-6)12-28(3)14-29(4)13-20(33)23(16(2)31)26(36)30(29,5)27(37)24(15)28/h7-8,35-37H,1,9-14H2,2-6H3/t28-,29+,30-/m0/s1. The second-order valence-corrected chi connectivity index (χ2v) is 11.6. The van der Waals surface area contributed by atoms with E-state index in [2.05, 4.69) is 11.3 Å². The summed E-state index contributed by atoms with van der Waals surface area (Å²) >= 11 is 0. The van der Waals surface area contributed by atoms with Crippen molar-refractivity contribution in [1.82, 2.24) is 0 Å². The van der Waals surface area contributed by atoms with Crippen LogP contribution in [0.2, 0.25) is 0 Å². The van der Waals surface area contributed by atoms with Crippen molar-refractivity contribution in [2.45, 2.75) is 66.2 Å². The number of aliphatic hydroxyl groups excluding tert-OH is 2. The third-order valence-electron chi connectivity index (χ3n) is 8.95. The van der Waals surface area contributed by atoms with E-state index in [0.29, 0.717) is 35.1 Å². The lowest BCUT2D eigenvalue weighted by molar-refractivity contribution is -0.141. The number of esters is 1. The molecule has 0 bridgehead atoms. The van der Waals surface area contributed by atoms with Gasteiger partial charge in [0, 0.05) is 41.4 Å². The van der Waals surface area contributed by atoms with Crippen LogP contribution in [-0.2, 0) is 36.8 Å². The zero-order chi connectivity index (χ0) is 28.4. The van der Waals surface area contributed by atoms with Crippen molar-refractivity contribution < 1.29 is 39.2 Å². The molecule has 1 aromatic rings. The maximum absolute atomic E-state index is 12.9. The van der Waals surface area contributed by atoms with Gasteiger partial charge in [0.15, 0.2) is 11.6 Å². The number of hydrogen-bond acceptors (Lipinski definition) is 8. The molecular formula is C30H34O8. The van der Waals surface area contributed by atoms with E-state index in [1.165, 1.54) is 14.0 Å². The quantitative estimate of drug-likeness (QED) is 0.363.